The van der Waals surface area contributed by atoms with Gasteiger partial charge in [0, 0.05) is 18.6 Å². The lowest BCUT2D eigenvalue weighted by Crippen LogP contribution is -2.00. The molecule has 0 saturated carbocycles. The van der Waals surface area contributed by atoms with Crippen molar-refractivity contribution in [1.29, 1.82) is 0 Å². The predicted octanol–water partition coefficient (Wildman–Crippen LogP) is 2.86. The molecule has 0 aliphatic heterocycles. The number of aromatic amines is 3. The normalized spacial score (nSPS) is 10.9. The zero-order valence-electron chi connectivity index (χ0n) is 11.0. The van der Waals surface area contributed by atoms with Crippen LogP contribution in [-0.2, 0) is 0 Å². The largest absolute Gasteiger partial charge is 0.359 e. The van der Waals surface area contributed by atoms with Crippen LogP contribution in [0, 0.1) is 0 Å². The zero-order valence-corrected chi connectivity index (χ0v) is 11.0. The highest BCUT2D eigenvalue weighted by Crippen LogP contribution is 2.21. The summed E-state index contributed by atoms with van der Waals surface area (Å²) >= 11 is 0. The number of nitrogens with one attached hydrogen (secondary N) is 3. The van der Waals surface area contributed by atoms with Crippen LogP contribution in [0.5, 0.6) is 0 Å². The summed E-state index contributed by atoms with van der Waals surface area (Å²) in [6, 6.07) is 11.6. The minimum atomic E-state index is 0.615. The fourth-order valence-electron chi connectivity index (χ4n) is 2.15. The van der Waals surface area contributed by atoms with Gasteiger partial charge < -0.3 is 15.0 Å². The molecule has 6 heteroatoms. The highest BCUT2D eigenvalue weighted by molar-refractivity contribution is 5.61. The van der Waals surface area contributed by atoms with Gasteiger partial charge in [0.1, 0.15) is 0 Å². The molecule has 4 aromatic rings. The average molecular weight is 276 g/mol. The molecule has 4 heterocycles. The molecule has 4 rings (SSSR count). The van der Waals surface area contributed by atoms with E-state index in [1.165, 1.54) is 0 Å². The maximum atomic E-state index is 4.53. The Kier molecular flexibility index (Phi) is 2.64. The van der Waals surface area contributed by atoms with Crippen LogP contribution in [0.1, 0.15) is 0 Å². The monoisotopic (exact) mass is 276 g/mol. The quantitative estimate of drug-likeness (QED) is 0.537. The van der Waals surface area contributed by atoms with Gasteiger partial charge in [-0.25, -0.2) is 15.0 Å². The van der Waals surface area contributed by atoms with Crippen molar-refractivity contribution in [2.45, 2.75) is 0 Å². The van der Waals surface area contributed by atoms with Crippen LogP contribution < -0.4 is 0 Å². The van der Waals surface area contributed by atoms with Gasteiger partial charge in [-0.05, 0) is 36.4 Å². The topological polar surface area (TPSA) is 86.0 Å². The molecule has 0 aliphatic rings. The lowest BCUT2D eigenvalue weighted by molar-refractivity contribution is 1.05. The van der Waals surface area contributed by atoms with Crippen molar-refractivity contribution in [2.75, 3.05) is 0 Å². The first-order valence-electron chi connectivity index (χ1n) is 6.57. The number of rotatable bonds is 3. The van der Waals surface area contributed by atoms with Crippen molar-refractivity contribution in [1.82, 2.24) is 29.9 Å². The smallest absolute Gasteiger partial charge is 0.180 e. The van der Waals surface area contributed by atoms with E-state index in [9.17, 15) is 0 Å². The Hall–Kier alpha value is -3.15. The van der Waals surface area contributed by atoms with Gasteiger partial charge in [-0.3, -0.25) is 0 Å². The fourth-order valence-corrected chi connectivity index (χ4v) is 2.15. The fraction of sp³-hybridized carbons (Fsp3) is 0. The molecule has 0 aromatic carbocycles. The summed E-state index contributed by atoms with van der Waals surface area (Å²) in [5.74, 6) is 1.85. The minimum Gasteiger partial charge on any atom is -0.359 e. The number of hydrogen-bond acceptors (Lipinski definition) is 3. The molecule has 102 valence electrons. The van der Waals surface area contributed by atoms with Gasteiger partial charge in [0.05, 0.1) is 17.1 Å². The van der Waals surface area contributed by atoms with Gasteiger partial charge in [0.15, 0.2) is 17.5 Å². The number of hydrogen-bond donors (Lipinski definition) is 3. The van der Waals surface area contributed by atoms with Gasteiger partial charge >= 0.3 is 0 Å². The molecule has 0 radical (unpaired) electrons. The van der Waals surface area contributed by atoms with Gasteiger partial charge in [-0.15, -0.1) is 0 Å². The molecular weight excluding hydrogens is 264 g/mol. The molecule has 4 aromatic heterocycles. The third-order valence-corrected chi connectivity index (χ3v) is 3.15. The van der Waals surface area contributed by atoms with Crippen molar-refractivity contribution in [3.05, 3.63) is 55.0 Å². The number of nitrogens with zero attached hydrogens (tertiary/aromatic N) is 3. The highest BCUT2D eigenvalue weighted by atomic mass is 15.1. The molecule has 0 spiro atoms. The Morgan fingerprint density at radius 3 is 1.10 bits per heavy atom. The summed E-state index contributed by atoms with van der Waals surface area (Å²) in [7, 11) is 0. The highest BCUT2D eigenvalue weighted by Gasteiger charge is 2.12. The van der Waals surface area contributed by atoms with Crippen LogP contribution >= 0.6 is 0 Å². The van der Waals surface area contributed by atoms with E-state index in [-0.39, 0.29) is 0 Å². The molecule has 0 aliphatic carbocycles. The molecule has 0 bridgehead atoms. The van der Waals surface area contributed by atoms with Crippen molar-refractivity contribution >= 4 is 0 Å². The van der Waals surface area contributed by atoms with E-state index < -0.39 is 0 Å². The second kappa shape index (κ2) is 4.75. The first-order chi connectivity index (χ1) is 10.4. The molecule has 0 amide bonds. The Bertz CT molecular complexity index is 701. The summed E-state index contributed by atoms with van der Waals surface area (Å²) < 4.78 is 0. The first-order valence-corrected chi connectivity index (χ1v) is 6.57. The second-order valence-corrected chi connectivity index (χ2v) is 4.56. The lowest BCUT2D eigenvalue weighted by atomic mass is 10.3. The lowest BCUT2D eigenvalue weighted by Gasteiger charge is -2.04. The van der Waals surface area contributed by atoms with Crippen molar-refractivity contribution in [2.24, 2.45) is 0 Å². The van der Waals surface area contributed by atoms with Crippen LogP contribution in [0.25, 0.3) is 34.6 Å². The Morgan fingerprint density at radius 2 is 0.857 bits per heavy atom. The maximum Gasteiger partial charge on any atom is 0.180 e. The van der Waals surface area contributed by atoms with E-state index >= 15 is 0 Å². The third-order valence-electron chi connectivity index (χ3n) is 3.15. The second-order valence-electron chi connectivity index (χ2n) is 4.56. The van der Waals surface area contributed by atoms with E-state index in [0.717, 1.165) is 17.1 Å². The van der Waals surface area contributed by atoms with Gasteiger partial charge in [-0.1, -0.05) is 0 Å². The zero-order chi connectivity index (χ0) is 14.1. The summed E-state index contributed by atoms with van der Waals surface area (Å²) in [6.45, 7) is 0. The molecule has 0 unspecified atom stereocenters. The van der Waals surface area contributed by atoms with Gasteiger partial charge in [0.2, 0.25) is 0 Å². The average Bonchev–Trinajstić information content (AvgIpc) is 3.29. The molecular formula is C15H12N6. The molecule has 6 nitrogen and oxygen atoms in total. The van der Waals surface area contributed by atoms with E-state index in [0.29, 0.717) is 17.5 Å². The molecule has 0 saturated heterocycles. The first kappa shape index (κ1) is 11.7. The van der Waals surface area contributed by atoms with E-state index in [4.69, 9.17) is 0 Å². The van der Waals surface area contributed by atoms with Crippen LogP contribution in [0.3, 0.4) is 0 Å². The number of H-pyrrole nitrogens is 3. The maximum absolute atomic E-state index is 4.53. The number of aromatic nitrogens is 6. The Balaban J connectivity index is 1.92. The van der Waals surface area contributed by atoms with E-state index in [2.05, 4.69) is 29.9 Å². The Morgan fingerprint density at radius 1 is 0.524 bits per heavy atom. The van der Waals surface area contributed by atoms with Crippen LogP contribution in [0.4, 0.5) is 0 Å². The Labute approximate surface area is 120 Å². The van der Waals surface area contributed by atoms with Crippen LogP contribution in [-0.4, -0.2) is 29.9 Å². The SMILES string of the molecule is c1c[nH]c(-c2nc(-c3ccc[nH]3)nc(-c3ccc[nH]3)n2)c1. The summed E-state index contributed by atoms with van der Waals surface area (Å²) in [5.41, 5.74) is 2.58. The molecule has 3 N–H and O–H groups in total. The summed E-state index contributed by atoms with van der Waals surface area (Å²) in [4.78, 5) is 23.0. The van der Waals surface area contributed by atoms with Crippen LogP contribution in [0.15, 0.2) is 55.0 Å². The van der Waals surface area contributed by atoms with Gasteiger partial charge in [0.25, 0.3) is 0 Å². The van der Waals surface area contributed by atoms with Crippen molar-refractivity contribution in [3.63, 3.8) is 0 Å². The summed E-state index contributed by atoms with van der Waals surface area (Å²) in [5, 5.41) is 0. The molecule has 21 heavy (non-hydrogen) atoms. The summed E-state index contributed by atoms with van der Waals surface area (Å²) in [6.07, 6.45) is 5.55. The van der Waals surface area contributed by atoms with E-state index in [1.807, 2.05) is 55.0 Å². The molecule has 0 fully saturated rings. The molecule has 0 atom stereocenters. The van der Waals surface area contributed by atoms with Crippen molar-refractivity contribution in [3.8, 4) is 34.6 Å². The predicted molar refractivity (Wildman–Crippen MR) is 79.2 cm³/mol. The van der Waals surface area contributed by atoms with Crippen LogP contribution in [0.2, 0.25) is 0 Å². The van der Waals surface area contributed by atoms with E-state index in [1.54, 1.807) is 0 Å². The van der Waals surface area contributed by atoms with Gasteiger partial charge in [-0.2, -0.15) is 0 Å². The minimum absolute atomic E-state index is 0.615. The van der Waals surface area contributed by atoms with Crippen molar-refractivity contribution < 1.29 is 0 Å². The standard InChI is InChI=1S/C15H12N6/c1-4-10(16-7-1)13-19-14(11-5-2-8-17-11)21-15(20-13)12-6-3-9-18-12/h1-9,16-18H. The third kappa shape index (κ3) is 2.12.